The second-order valence-corrected chi connectivity index (χ2v) is 11.6. The minimum atomic E-state index is -4.91. The van der Waals surface area contributed by atoms with Crippen molar-refractivity contribution in [1.29, 1.82) is 5.41 Å². The monoisotopic (exact) mass is 444 g/mol. The van der Waals surface area contributed by atoms with Crippen LogP contribution in [0.15, 0.2) is 42.7 Å². The lowest BCUT2D eigenvalue weighted by atomic mass is 10.2. The van der Waals surface area contributed by atoms with Crippen molar-refractivity contribution in [3.8, 4) is 5.75 Å². The molecular formula is C17H19FN2O7P2. The predicted octanol–water partition coefficient (Wildman–Crippen LogP) is 3.62. The zero-order chi connectivity index (χ0) is 21.4. The van der Waals surface area contributed by atoms with E-state index in [-0.39, 0.29) is 17.2 Å². The van der Waals surface area contributed by atoms with Gasteiger partial charge in [0, 0.05) is 38.0 Å². The molecule has 0 saturated carbocycles. The van der Waals surface area contributed by atoms with Gasteiger partial charge in [0.25, 0.3) is 0 Å². The number of pyridine rings is 1. The van der Waals surface area contributed by atoms with Gasteiger partial charge in [-0.05, 0) is 23.8 Å². The summed E-state index contributed by atoms with van der Waals surface area (Å²) in [7, 11) is -9.08. The zero-order valence-electron chi connectivity index (χ0n) is 15.5. The number of ether oxygens (including phenoxy) is 1. The van der Waals surface area contributed by atoms with Crippen molar-refractivity contribution >= 4 is 20.9 Å². The Hall–Kier alpha value is -1.93. The Bertz CT molecular complexity index is 1010. The molecule has 3 N–H and O–H groups in total. The number of aromatic nitrogens is 1. The maximum absolute atomic E-state index is 14.2. The molecule has 1 aliphatic rings. The summed E-state index contributed by atoms with van der Waals surface area (Å²) in [6.07, 6.45) is 0.683. The quantitative estimate of drug-likeness (QED) is 0.369. The van der Waals surface area contributed by atoms with Gasteiger partial charge in [-0.15, -0.1) is 0 Å². The van der Waals surface area contributed by atoms with Gasteiger partial charge in [-0.1, -0.05) is 12.1 Å². The van der Waals surface area contributed by atoms with Crippen LogP contribution in [0.4, 0.5) is 4.39 Å². The molecule has 1 aliphatic heterocycles. The lowest BCUT2D eigenvalue weighted by Gasteiger charge is -2.43. The molecule has 29 heavy (non-hydrogen) atoms. The van der Waals surface area contributed by atoms with Crippen LogP contribution < -0.4 is 4.74 Å². The molecule has 12 heteroatoms. The summed E-state index contributed by atoms with van der Waals surface area (Å²) in [5.41, 5.74) is 0.309. The van der Waals surface area contributed by atoms with E-state index in [0.29, 0.717) is 5.56 Å². The third kappa shape index (κ3) is 4.19. The first kappa shape index (κ1) is 21.8. The first-order chi connectivity index (χ1) is 13.5. The maximum atomic E-state index is 14.2. The van der Waals surface area contributed by atoms with E-state index < -0.39 is 38.6 Å². The summed E-state index contributed by atoms with van der Waals surface area (Å²) in [4.78, 5) is 14.3. The van der Waals surface area contributed by atoms with Crippen LogP contribution in [-0.4, -0.2) is 32.6 Å². The van der Waals surface area contributed by atoms with Crippen molar-refractivity contribution in [3.63, 3.8) is 0 Å². The highest BCUT2D eigenvalue weighted by Gasteiger charge is 2.64. The Kier molecular flexibility index (Phi) is 5.80. The molecule has 4 unspecified atom stereocenters. The number of hydrogen-bond donors (Lipinski definition) is 3. The van der Waals surface area contributed by atoms with E-state index in [1.54, 1.807) is 6.07 Å². The highest BCUT2D eigenvalue weighted by molar-refractivity contribution is 7.75. The molecule has 0 spiro atoms. The molecule has 2 heterocycles. The molecule has 2 aromatic rings. The fourth-order valence-electron chi connectivity index (χ4n) is 2.78. The van der Waals surface area contributed by atoms with Crippen molar-refractivity contribution in [3.05, 3.63) is 59.7 Å². The second-order valence-electron chi connectivity index (χ2n) is 6.57. The van der Waals surface area contributed by atoms with E-state index in [9.17, 15) is 23.5 Å². The molecule has 1 fully saturated rings. The first-order valence-corrected chi connectivity index (χ1v) is 12.0. The molecule has 0 aliphatic carbocycles. The molecule has 9 nitrogen and oxygen atoms in total. The number of nitrogens with zero attached hydrogens (tertiary/aromatic N) is 1. The first-order valence-electron chi connectivity index (χ1n) is 8.36. The molecule has 156 valence electrons. The van der Waals surface area contributed by atoms with Crippen LogP contribution in [-0.2, 0) is 24.6 Å². The van der Waals surface area contributed by atoms with Crippen molar-refractivity contribution in [2.75, 3.05) is 6.66 Å². The van der Waals surface area contributed by atoms with Crippen molar-refractivity contribution in [1.82, 2.24) is 4.98 Å². The second kappa shape index (κ2) is 7.72. The highest BCUT2D eigenvalue weighted by atomic mass is 31.2. The van der Waals surface area contributed by atoms with Crippen LogP contribution in [0.3, 0.4) is 0 Å². The molecule has 0 amide bonds. The van der Waals surface area contributed by atoms with Crippen LogP contribution in [0, 0.1) is 11.2 Å². The molecule has 0 radical (unpaired) electrons. The van der Waals surface area contributed by atoms with E-state index >= 15 is 0 Å². The summed E-state index contributed by atoms with van der Waals surface area (Å²) in [6, 6.07) is 6.45. The van der Waals surface area contributed by atoms with Gasteiger partial charge in [0.2, 0.25) is 12.5 Å². The Morgan fingerprint density at radius 3 is 2.66 bits per heavy atom. The Labute approximate surface area is 166 Å². The van der Waals surface area contributed by atoms with Gasteiger partial charge in [0.15, 0.2) is 23.8 Å². The van der Waals surface area contributed by atoms with E-state index in [4.69, 9.17) is 19.2 Å². The Morgan fingerprint density at radius 1 is 1.38 bits per heavy atom. The van der Waals surface area contributed by atoms with Crippen LogP contribution >= 0.6 is 15.0 Å². The molecule has 1 aromatic carbocycles. The van der Waals surface area contributed by atoms with Gasteiger partial charge < -0.3 is 14.7 Å². The van der Waals surface area contributed by atoms with Crippen LogP contribution in [0.25, 0.3) is 0 Å². The van der Waals surface area contributed by atoms with Crippen molar-refractivity contribution in [2.45, 2.75) is 24.7 Å². The van der Waals surface area contributed by atoms with Gasteiger partial charge >= 0.3 is 7.60 Å². The van der Waals surface area contributed by atoms with E-state index in [1.807, 2.05) is 0 Å². The molecule has 0 bridgehead atoms. The van der Waals surface area contributed by atoms with E-state index in [1.165, 1.54) is 37.5 Å². The van der Waals surface area contributed by atoms with Gasteiger partial charge in [-0.25, -0.2) is 4.39 Å². The Morgan fingerprint density at radius 2 is 2.10 bits per heavy atom. The predicted molar refractivity (Wildman–Crippen MR) is 102 cm³/mol. The average molecular weight is 444 g/mol. The van der Waals surface area contributed by atoms with Gasteiger partial charge in [-0.3, -0.25) is 28.6 Å². The number of aliphatic hydroxyl groups is 1. The minimum Gasteiger partial charge on any atom is -0.441 e. The largest absolute Gasteiger partial charge is 0.441 e. The highest BCUT2D eigenvalue weighted by Crippen LogP contribution is 2.79. The van der Waals surface area contributed by atoms with Crippen LogP contribution in [0.2, 0.25) is 0 Å². The van der Waals surface area contributed by atoms with E-state index in [0.717, 1.165) is 12.7 Å². The smallest absolute Gasteiger partial charge is 0.372 e. The third-order valence-corrected chi connectivity index (χ3v) is 9.74. The molecule has 4 atom stereocenters. The van der Waals surface area contributed by atoms with Crippen molar-refractivity contribution < 1.29 is 37.3 Å². The normalized spacial score (nSPS) is 32.0. The molecular weight excluding hydrogens is 425 g/mol. The van der Waals surface area contributed by atoms with Crippen molar-refractivity contribution in [2.24, 2.45) is 0 Å². The third-order valence-electron chi connectivity index (χ3n) is 4.29. The average Bonchev–Trinajstić information content (AvgIpc) is 2.61. The molecule has 3 rings (SSSR count). The summed E-state index contributed by atoms with van der Waals surface area (Å²) >= 11 is 0. The summed E-state index contributed by atoms with van der Waals surface area (Å²) in [6.45, 7) is 2.34. The van der Waals surface area contributed by atoms with E-state index in [2.05, 4.69) is 4.98 Å². The summed E-state index contributed by atoms with van der Waals surface area (Å²) < 4.78 is 55.5. The number of benzene rings is 1. The van der Waals surface area contributed by atoms with Crippen LogP contribution in [0.5, 0.6) is 5.75 Å². The number of halogens is 1. The molecule has 1 aromatic heterocycles. The number of nitrogens with one attached hydrogen (secondary N) is 1. The zero-order valence-corrected chi connectivity index (χ0v) is 17.3. The lowest BCUT2D eigenvalue weighted by molar-refractivity contribution is -0.0441. The van der Waals surface area contributed by atoms with Gasteiger partial charge in [-0.2, -0.15) is 0 Å². The minimum absolute atomic E-state index is 0.0442. The summed E-state index contributed by atoms with van der Waals surface area (Å²) in [5.74, 6) is -1.35. The standard InChI is InChI=1S/C17H19FN2O7P2/c1-11(19)25-15-6-5-13(8-14(15)18)16-26-28(2,22)17(21,29(23,24)27-16)9-12-4-3-7-20-10-12/h3-8,10,16,19,21H,9H2,1-2H3,(H,23,24). The summed E-state index contributed by atoms with van der Waals surface area (Å²) in [5, 5.41) is 15.4. The van der Waals surface area contributed by atoms with Gasteiger partial charge in [0.05, 0.1) is 0 Å². The van der Waals surface area contributed by atoms with Crippen LogP contribution in [0.1, 0.15) is 24.3 Å². The molecule has 1 saturated heterocycles. The fraction of sp³-hybridized carbons (Fsp3) is 0.294. The topological polar surface area (TPSA) is 139 Å². The fourth-order valence-corrected chi connectivity index (χ4v) is 7.11. The maximum Gasteiger partial charge on any atom is 0.372 e. The lowest BCUT2D eigenvalue weighted by Crippen LogP contribution is -2.37. The Balaban J connectivity index is 1.92. The number of hydrogen-bond acceptors (Lipinski definition) is 8. The number of rotatable bonds is 4. The SMILES string of the molecule is CC(=N)Oc1ccc(C2OP(C)(=O)C(O)(Cc3cccnc3)P(=O)(O)O2)cc1F. The van der Waals surface area contributed by atoms with Gasteiger partial charge in [0.1, 0.15) is 0 Å².